The van der Waals surface area contributed by atoms with Gasteiger partial charge in [-0.15, -0.1) is 11.3 Å². The van der Waals surface area contributed by atoms with Crippen molar-refractivity contribution in [2.45, 2.75) is 0 Å². The van der Waals surface area contributed by atoms with Crippen LogP contribution in [0.2, 0.25) is 5.02 Å². The summed E-state index contributed by atoms with van der Waals surface area (Å²) in [5.74, 6) is -1.77. The van der Waals surface area contributed by atoms with Crippen molar-refractivity contribution in [2.75, 3.05) is 0 Å². The lowest BCUT2D eigenvalue weighted by molar-refractivity contribution is -0.132. The van der Waals surface area contributed by atoms with E-state index in [1.54, 1.807) is 36.4 Å². The summed E-state index contributed by atoms with van der Waals surface area (Å²) in [6, 6.07) is 9.89. The number of ketones is 1. The Labute approximate surface area is 132 Å². The monoisotopic (exact) mass is 370 g/mol. The molecule has 0 aliphatic carbocycles. The molecule has 2 aromatic rings. The van der Waals surface area contributed by atoms with E-state index in [4.69, 9.17) is 11.6 Å². The standard InChI is InChI=1S/C14H8BrClO3S/c15-12-6-5-11(20-12)13(17)10(14(18)19)7-8-1-3-9(16)4-2-8/h1-7H,(H,18,19). The second kappa shape index (κ2) is 6.35. The Bertz CT molecular complexity index is 689. The van der Waals surface area contributed by atoms with Gasteiger partial charge >= 0.3 is 5.97 Å². The number of carbonyl (C=O) groups excluding carboxylic acids is 1. The van der Waals surface area contributed by atoms with Crippen LogP contribution in [0.4, 0.5) is 0 Å². The van der Waals surface area contributed by atoms with Crippen LogP contribution in [0.3, 0.4) is 0 Å². The topological polar surface area (TPSA) is 54.4 Å². The molecule has 102 valence electrons. The molecule has 2 rings (SSSR count). The number of Topliss-reactive ketones (excluding diaryl/α,β-unsaturated/α-hetero) is 1. The van der Waals surface area contributed by atoms with Crippen molar-refractivity contribution in [3.05, 3.63) is 61.2 Å². The van der Waals surface area contributed by atoms with E-state index in [2.05, 4.69) is 15.9 Å². The minimum absolute atomic E-state index is 0.276. The number of halogens is 2. The molecule has 1 aromatic carbocycles. The van der Waals surface area contributed by atoms with Crippen molar-refractivity contribution >= 4 is 56.7 Å². The van der Waals surface area contributed by atoms with Crippen LogP contribution >= 0.6 is 38.9 Å². The van der Waals surface area contributed by atoms with E-state index in [0.717, 1.165) is 3.79 Å². The van der Waals surface area contributed by atoms with Crippen molar-refractivity contribution in [1.82, 2.24) is 0 Å². The van der Waals surface area contributed by atoms with Gasteiger partial charge in [0.1, 0.15) is 5.57 Å². The second-order valence-corrected chi connectivity index (χ2v) is 6.75. The second-order valence-electron chi connectivity index (χ2n) is 3.85. The Morgan fingerprint density at radius 2 is 1.80 bits per heavy atom. The molecule has 3 nitrogen and oxygen atoms in total. The number of hydrogen-bond donors (Lipinski definition) is 1. The highest BCUT2D eigenvalue weighted by atomic mass is 79.9. The molecule has 0 aliphatic rings. The molecular formula is C14H8BrClO3S. The lowest BCUT2D eigenvalue weighted by Crippen LogP contribution is -2.11. The summed E-state index contributed by atoms with van der Waals surface area (Å²) >= 11 is 10.2. The van der Waals surface area contributed by atoms with Crippen LogP contribution in [0.25, 0.3) is 6.08 Å². The predicted octanol–water partition coefficient (Wildman–Crippen LogP) is 4.51. The zero-order valence-electron chi connectivity index (χ0n) is 9.97. The van der Waals surface area contributed by atoms with Crippen LogP contribution in [-0.2, 0) is 4.79 Å². The molecule has 6 heteroatoms. The van der Waals surface area contributed by atoms with Gasteiger partial charge in [0.2, 0.25) is 5.78 Å². The first kappa shape index (κ1) is 15.0. The fraction of sp³-hybridized carbons (Fsp3) is 0. The van der Waals surface area contributed by atoms with Gasteiger partial charge in [-0.2, -0.15) is 0 Å². The van der Waals surface area contributed by atoms with Gasteiger partial charge in [-0.3, -0.25) is 4.79 Å². The molecule has 0 atom stereocenters. The average molecular weight is 372 g/mol. The van der Waals surface area contributed by atoms with Gasteiger partial charge in [0.25, 0.3) is 0 Å². The van der Waals surface area contributed by atoms with E-state index in [1.807, 2.05) is 0 Å². The number of carboxylic acids is 1. The average Bonchev–Trinajstić information content (AvgIpc) is 2.83. The van der Waals surface area contributed by atoms with Crippen molar-refractivity contribution in [2.24, 2.45) is 0 Å². The molecule has 0 saturated carbocycles. The summed E-state index contributed by atoms with van der Waals surface area (Å²) in [5, 5.41) is 9.75. The molecule has 0 unspecified atom stereocenters. The predicted molar refractivity (Wildman–Crippen MR) is 83.4 cm³/mol. The third kappa shape index (κ3) is 3.56. The van der Waals surface area contributed by atoms with Crippen LogP contribution in [0.5, 0.6) is 0 Å². The number of carboxylic acid groups (broad SMARTS) is 1. The summed E-state index contributed by atoms with van der Waals surface area (Å²) in [4.78, 5) is 23.8. The number of carbonyl (C=O) groups is 2. The van der Waals surface area contributed by atoms with Crippen molar-refractivity contribution in [1.29, 1.82) is 0 Å². The van der Waals surface area contributed by atoms with E-state index >= 15 is 0 Å². The normalized spacial score (nSPS) is 11.4. The highest BCUT2D eigenvalue weighted by Gasteiger charge is 2.20. The van der Waals surface area contributed by atoms with Crippen molar-refractivity contribution < 1.29 is 14.7 Å². The summed E-state index contributed by atoms with van der Waals surface area (Å²) in [6.45, 7) is 0. The third-order valence-electron chi connectivity index (χ3n) is 2.45. The lowest BCUT2D eigenvalue weighted by atomic mass is 10.1. The van der Waals surface area contributed by atoms with Crippen molar-refractivity contribution in [3.8, 4) is 0 Å². The molecule has 0 fully saturated rings. The Morgan fingerprint density at radius 3 is 2.30 bits per heavy atom. The van der Waals surface area contributed by atoms with Gasteiger partial charge in [-0.25, -0.2) is 4.79 Å². The Kier molecular flexibility index (Phi) is 4.75. The largest absolute Gasteiger partial charge is 0.478 e. The van der Waals surface area contributed by atoms with E-state index in [0.29, 0.717) is 15.5 Å². The number of benzene rings is 1. The lowest BCUT2D eigenvalue weighted by Gasteiger charge is -2.00. The first-order chi connectivity index (χ1) is 9.47. The summed E-state index contributed by atoms with van der Waals surface area (Å²) in [5.41, 5.74) is 0.331. The molecule has 0 amide bonds. The van der Waals surface area contributed by atoms with Crippen LogP contribution in [0, 0.1) is 0 Å². The molecular weight excluding hydrogens is 364 g/mol. The first-order valence-corrected chi connectivity index (χ1v) is 7.46. The fourth-order valence-electron chi connectivity index (χ4n) is 1.52. The molecule has 0 aliphatic heterocycles. The summed E-state index contributed by atoms with van der Waals surface area (Å²) in [6.07, 6.45) is 1.34. The highest BCUT2D eigenvalue weighted by Crippen LogP contribution is 2.25. The Morgan fingerprint density at radius 1 is 1.15 bits per heavy atom. The maximum absolute atomic E-state index is 12.2. The fourth-order valence-corrected chi connectivity index (χ4v) is 2.99. The van der Waals surface area contributed by atoms with Gasteiger partial charge in [-0.1, -0.05) is 23.7 Å². The number of hydrogen-bond acceptors (Lipinski definition) is 3. The number of rotatable bonds is 4. The van der Waals surface area contributed by atoms with Crippen LogP contribution in [-0.4, -0.2) is 16.9 Å². The molecule has 1 heterocycles. The smallest absolute Gasteiger partial charge is 0.339 e. The van der Waals surface area contributed by atoms with E-state index in [9.17, 15) is 14.7 Å². The molecule has 0 spiro atoms. The Balaban J connectivity index is 2.38. The third-order valence-corrected chi connectivity index (χ3v) is 4.33. The zero-order chi connectivity index (χ0) is 14.7. The minimum atomic E-state index is -1.26. The SMILES string of the molecule is O=C(O)C(=Cc1ccc(Cl)cc1)C(=O)c1ccc(Br)s1. The van der Waals surface area contributed by atoms with E-state index in [1.165, 1.54) is 17.4 Å². The quantitative estimate of drug-likeness (QED) is 0.372. The molecule has 1 N–H and O–H groups in total. The number of aliphatic carboxylic acids is 1. The molecule has 1 aromatic heterocycles. The van der Waals surface area contributed by atoms with E-state index < -0.39 is 11.8 Å². The van der Waals surface area contributed by atoms with Crippen molar-refractivity contribution in [3.63, 3.8) is 0 Å². The molecule has 0 radical (unpaired) electrons. The highest BCUT2D eigenvalue weighted by molar-refractivity contribution is 9.11. The molecule has 20 heavy (non-hydrogen) atoms. The van der Waals surface area contributed by atoms with Gasteiger partial charge in [0.05, 0.1) is 8.66 Å². The summed E-state index contributed by atoms with van der Waals surface area (Å²) in [7, 11) is 0. The van der Waals surface area contributed by atoms with Gasteiger partial charge in [0.15, 0.2) is 0 Å². The molecule has 0 saturated heterocycles. The Hall–Kier alpha value is -1.43. The van der Waals surface area contributed by atoms with Crippen LogP contribution < -0.4 is 0 Å². The molecule has 0 bridgehead atoms. The van der Waals surface area contributed by atoms with Crippen LogP contribution in [0.1, 0.15) is 15.2 Å². The minimum Gasteiger partial charge on any atom is -0.478 e. The maximum atomic E-state index is 12.2. The van der Waals surface area contributed by atoms with Crippen LogP contribution in [0.15, 0.2) is 45.8 Å². The van der Waals surface area contributed by atoms with Gasteiger partial charge < -0.3 is 5.11 Å². The maximum Gasteiger partial charge on any atom is 0.339 e. The van der Waals surface area contributed by atoms with Gasteiger partial charge in [0, 0.05) is 5.02 Å². The van der Waals surface area contributed by atoms with E-state index in [-0.39, 0.29) is 5.57 Å². The number of thiophene rings is 1. The van der Waals surface area contributed by atoms with Gasteiger partial charge in [-0.05, 0) is 51.8 Å². The first-order valence-electron chi connectivity index (χ1n) is 5.48. The summed E-state index contributed by atoms with van der Waals surface area (Å²) < 4.78 is 0.775. The zero-order valence-corrected chi connectivity index (χ0v) is 13.1.